The molecule has 6 fully saturated rings. The van der Waals surface area contributed by atoms with Crippen LogP contribution in [0.25, 0.3) is 43.8 Å². The van der Waals surface area contributed by atoms with Crippen LogP contribution in [0.3, 0.4) is 0 Å². The molecule has 0 bridgehead atoms. The number of carbonyl (C=O) groups is 2. The number of halogens is 3. The minimum Gasteiger partial charge on any atom is -0.463 e. The number of hydrogen-bond acceptors (Lipinski definition) is 11. The second kappa shape index (κ2) is 18.8. The standard InChI is InChI=1S/C56H65F3N10O4/c1-4-38-43(57)8-7-36-22-33(2)23-41(47(36)38)49-48(59)50-42(28-60-49)51(68-16-5-6-34(29-68)12-21-70)63-53(62-50)73-32-55(13-14-55)30-66-20-15-56(31-66)26-37(27-56)67-17-9-35(10-18-67)39-25-45-40(24-44(39)58)52(64-65(45)3)69-19-11-46(71)61-54(69)72/h7-8,22-25,28,34-35,37,70H,4-6,9-21,26-27,29-32H2,1-3H3,(H,61,71,72)/t34-,37?,56?/m1/s1. The smallest absolute Gasteiger partial charge is 0.329 e. The van der Waals surface area contributed by atoms with E-state index in [-0.39, 0.29) is 71.6 Å². The number of carbonyl (C=O) groups excluding carboxylic acids is 2. The van der Waals surface area contributed by atoms with Gasteiger partial charge in [0.1, 0.15) is 28.7 Å². The van der Waals surface area contributed by atoms with Gasteiger partial charge in [-0.25, -0.2) is 18.0 Å². The van der Waals surface area contributed by atoms with Crippen LogP contribution in [0.15, 0.2) is 42.6 Å². The number of urea groups is 1. The van der Waals surface area contributed by atoms with Crippen molar-refractivity contribution in [3.63, 3.8) is 0 Å². The summed E-state index contributed by atoms with van der Waals surface area (Å²) in [4.78, 5) is 47.7. The van der Waals surface area contributed by atoms with Gasteiger partial charge in [0.2, 0.25) is 5.91 Å². The molecule has 3 aromatic heterocycles. The number of nitrogens with one attached hydrogen (secondary N) is 1. The van der Waals surface area contributed by atoms with E-state index in [4.69, 9.17) is 19.7 Å². The lowest BCUT2D eigenvalue weighted by Crippen LogP contribution is -2.54. The summed E-state index contributed by atoms with van der Waals surface area (Å²) in [6, 6.07) is 10.7. The van der Waals surface area contributed by atoms with Crippen LogP contribution in [-0.4, -0.2) is 123 Å². The van der Waals surface area contributed by atoms with Crippen LogP contribution in [0.4, 0.5) is 29.6 Å². The minimum atomic E-state index is -0.585. The molecule has 6 aliphatic rings. The fourth-order valence-electron chi connectivity index (χ4n) is 13.4. The predicted molar refractivity (Wildman–Crippen MR) is 274 cm³/mol. The van der Waals surface area contributed by atoms with Crippen LogP contribution in [0.2, 0.25) is 0 Å². The molecule has 7 heterocycles. The van der Waals surface area contributed by atoms with Gasteiger partial charge in [-0.05, 0) is 166 Å². The normalized spacial score (nSPS) is 23.8. The fourth-order valence-corrected chi connectivity index (χ4v) is 13.4. The summed E-state index contributed by atoms with van der Waals surface area (Å²) < 4.78 is 56.8. The Balaban J connectivity index is 0.709. The highest BCUT2D eigenvalue weighted by molar-refractivity contribution is 6.09. The van der Waals surface area contributed by atoms with E-state index in [1.165, 1.54) is 36.3 Å². The number of aliphatic hydroxyl groups is 1. The molecule has 17 heteroatoms. The number of ether oxygens (including phenoxy) is 1. The van der Waals surface area contributed by atoms with E-state index in [0.29, 0.717) is 81.9 Å². The third-order valence-corrected chi connectivity index (χ3v) is 17.5. The number of anilines is 2. The van der Waals surface area contributed by atoms with E-state index in [9.17, 15) is 14.7 Å². The number of hydrogen-bond donors (Lipinski definition) is 2. The van der Waals surface area contributed by atoms with Crippen LogP contribution in [0.5, 0.6) is 6.01 Å². The Kier molecular flexibility index (Phi) is 12.4. The molecule has 2 saturated carbocycles. The lowest BCUT2D eigenvalue weighted by atomic mass is 9.64. The van der Waals surface area contributed by atoms with Crippen molar-refractivity contribution < 1.29 is 32.6 Å². The molecule has 2 aliphatic carbocycles. The highest BCUT2D eigenvalue weighted by atomic mass is 19.1. The van der Waals surface area contributed by atoms with E-state index in [1.807, 2.05) is 32.0 Å². The number of imide groups is 1. The van der Waals surface area contributed by atoms with Crippen molar-refractivity contribution in [1.29, 1.82) is 0 Å². The molecular formula is C56H65F3N10O4. The maximum atomic E-state index is 17.3. The molecule has 0 radical (unpaired) electrons. The summed E-state index contributed by atoms with van der Waals surface area (Å²) in [7, 11) is 1.80. The SMILES string of the molecule is CCc1c(F)ccc2cc(C)cc(-c3ncc4c(N5CCC[C@H](CCO)C5)nc(OCC5(CN6CCC7(CC(N8CCC(c9cc%10c(cc9F)c(N9CCC(=O)NC9=O)nn%10C)CC8)C7)C6)CC5)nc4c3F)c12. The molecule has 0 unspecified atom stereocenters. The average Bonchev–Trinajstić information content (AvgIpc) is 3.89. The Labute approximate surface area is 423 Å². The topological polar surface area (TPSA) is 145 Å². The van der Waals surface area contributed by atoms with E-state index >= 15 is 13.2 Å². The highest BCUT2D eigenvalue weighted by Crippen LogP contribution is 2.54. The molecule has 14 nitrogen and oxygen atoms in total. The van der Waals surface area contributed by atoms with Crippen LogP contribution in [-0.2, 0) is 18.3 Å². The second-order valence-corrected chi connectivity index (χ2v) is 22.5. The number of nitrogens with zero attached hydrogens (tertiary/aromatic N) is 9. The zero-order chi connectivity index (χ0) is 50.3. The van der Waals surface area contributed by atoms with Gasteiger partial charge < -0.3 is 24.5 Å². The quantitative estimate of drug-likeness (QED) is 0.114. The Morgan fingerprint density at radius 3 is 2.51 bits per heavy atom. The highest BCUT2D eigenvalue weighted by Gasteiger charge is 2.53. The van der Waals surface area contributed by atoms with Crippen molar-refractivity contribution in [2.24, 2.45) is 23.8 Å². The van der Waals surface area contributed by atoms with E-state index in [2.05, 4.69) is 25.1 Å². The molecule has 73 heavy (non-hydrogen) atoms. The van der Waals surface area contributed by atoms with Gasteiger partial charge in [-0.1, -0.05) is 19.1 Å². The summed E-state index contributed by atoms with van der Waals surface area (Å²) in [5.74, 6) is -0.189. The van der Waals surface area contributed by atoms with Gasteiger partial charge in [0, 0.05) is 81.4 Å². The molecule has 12 rings (SSSR count). The lowest BCUT2D eigenvalue weighted by molar-refractivity contribution is -0.120. The maximum absolute atomic E-state index is 17.3. The molecule has 6 aromatic rings. The minimum absolute atomic E-state index is 0.0343. The number of likely N-dealkylation sites (tertiary alicyclic amines) is 2. The zero-order valence-electron chi connectivity index (χ0n) is 42.2. The van der Waals surface area contributed by atoms with E-state index in [1.54, 1.807) is 24.0 Å². The summed E-state index contributed by atoms with van der Waals surface area (Å²) in [5, 5.41) is 19.3. The number of aromatic nitrogens is 5. The molecule has 1 atom stereocenters. The largest absolute Gasteiger partial charge is 0.463 e. The molecule has 4 saturated heterocycles. The van der Waals surface area contributed by atoms with Gasteiger partial charge in [-0.3, -0.25) is 24.7 Å². The summed E-state index contributed by atoms with van der Waals surface area (Å²) in [5.41, 5.74) is 3.97. The van der Waals surface area contributed by atoms with Crippen molar-refractivity contribution in [2.75, 3.05) is 75.4 Å². The molecule has 4 aliphatic heterocycles. The van der Waals surface area contributed by atoms with Crippen molar-refractivity contribution in [1.82, 2.24) is 39.8 Å². The van der Waals surface area contributed by atoms with Gasteiger partial charge >= 0.3 is 12.0 Å². The third kappa shape index (κ3) is 8.86. The molecular weight excluding hydrogens is 934 g/mol. The van der Waals surface area contributed by atoms with Gasteiger partial charge in [0.15, 0.2) is 11.6 Å². The first-order chi connectivity index (χ1) is 35.3. The van der Waals surface area contributed by atoms with E-state index < -0.39 is 11.8 Å². The van der Waals surface area contributed by atoms with Crippen molar-refractivity contribution in [2.45, 2.75) is 103 Å². The fraction of sp³-hybridized carbons (Fsp3) is 0.536. The second-order valence-electron chi connectivity index (χ2n) is 22.5. The van der Waals surface area contributed by atoms with Gasteiger partial charge in [0.05, 0.1) is 17.5 Å². The number of benzene rings is 3. The van der Waals surface area contributed by atoms with E-state index in [0.717, 1.165) is 94.3 Å². The monoisotopic (exact) mass is 999 g/mol. The van der Waals surface area contributed by atoms with Crippen LogP contribution < -0.4 is 19.9 Å². The number of pyridine rings is 1. The zero-order valence-corrected chi connectivity index (χ0v) is 42.2. The number of fused-ring (bicyclic) bond motifs is 3. The summed E-state index contributed by atoms with van der Waals surface area (Å²) in [6.45, 7) is 10.9. The first-order valence-corrected chi connectivity index (χ1v) is 26.6. The average molecular weight is 999 g/mol. The Hall–Kier alpha value is -5.91. The Morgan fingerprint density at radius 2 is 1.74 bits per heavy atom. The Morgan fingerprint density at radius 1 is 0.918 bits per heavy atom. The predicted octanol–water partition coefficient (Wildman–Crippen LogP) is 8.96. The van der Waals surface area contributed by atoms with Gasteiger partial charge in [0.25, 0.3) is 0 Å². The molecule has 384 valence electrons. The maximum Gasteiger partial charge on any atom is 0.329 e. The van der Waals surface area contributed by atoms with Crippen LogP contribution in [0, 0.1) is 41.1 Å². The molecule has 2 N–H and O–H groups in total. The Bertz CT molecular complexity index is 3160. The first kappa shape index (κ1) is 48.1. The summed E-state index contributed by atoms with van der Waals surface area (Å²) in [6.07, 6.45) is 12.2. The van der Waals surface area contributed by atoms with Crippen LogP contribution >= 0.6 is 0 Å². The first-order valence-electron chi connectivity index (χ1n) is 26.6. The summed E-state index contributed by atoms with van der Waals surface area (Å²) >= 11 is 0. The number of piperidine rings is 2. The molecule has 1 spiro atoms. The van der Waals surface area contributed by atoms with Gasteiger partial charge in [-0.2, -0.15) is 15.1 Å². The van der Waals surface area contributed by atoms with Crippen LogP contribution in [0.1, 0.15) is 100 Å². The van der Waals surface area contributed by atoms with Crippen molar-refractivity contribution in [3.8, 4) is 17.3 Å². The van der Waals surface area contributed by atoms with Gasteiger partial charge in [-0.15, -0.1) is 0 Å². The third-order valence-electron chi connectivity index (χ3n) is 17.5. The number of aliphatic hydroxyl groups excluding tert-OH is 1. The number of amides is 3. The number of rotatable bonds is 13. The van der Waals surface area contributed by atoms with Crippen molar-refractivity contribution >= 4 is 56.2 Å². The number of aryl methyl sites for hydroxylation is 3. The van der Waals surface area contributed by atoms with Crippen molar-refractivity contribution in [3.05, 3.63) is 76.7 Å². The lowest BCUT2D eigenvalue weighted by Gasteiger charge is -2.52. The molecule has 3 amide bonds. The molecule has 3 aromatic carbocycles.